The number of rotatable bonds is 4. The van der Waals surface area contributed by atoms with Crippen LogP contribution in [-0.2, 0) is 5.54 Å². The van der Waals surface area contributed by atoms with Crippen molar-refractivity contribution in [3.05, 3.63) is 58.6 Å². The van der Waals surface area contributed by atoms with Gasteiger partial charge in [-0.1, -0.05) is 28.1 Å². The highest BCUT2D eigenvalue weighted by molar-refractivity contribution is 9.10. The summed E-state index contributed by atoms with van der Waals surface area (Å²) in [6.45, 7) is 1.86. The lowest BCUT2D eigenvalue weighted by Crippen LogP contribution is -2.29. The lowest BCUT2D eigenvalue weighted by Gasteiger charge is -2.25. The minimum Gasteiger partial charge on any atom is -0.497 e. The third-order valence-corrected chi connectivity index (χ3v) is 3.66. The number of hydrogen-bond donors (Lipinski definition) is 1. The Labute approximate surface area is 127 Å². The standard InChI is InChI=1S/C16H15BrN2O/c1-16(11-18,12-3-5-13(17)6-4-12)19-14-7-9-15(20-2)10-8-14/h3-10,19H,1-2H3. The van der Waals surface area contributed by atoms with Gasteiger partial charge in [0.15, 0.2) is 0 Å². The van der Waals surface area contributed by atoms with Crippen LogP contribution in [0.4, 0.5) is 5.69 Å². The Morgan fingerprint density at radius 3 is 2.20 bits per heavy atom. The number of methoxy groups -OCH3 is 1. The summed E-state index contributed by atoms with van der Waals surface area (Å²) >= 11 is 3.40. The lowest BCUT2D eigenvalue weighted by molar-refractivity contribution is 0.415. The van der Waals surface area contributed by atoms with Crippen LogP contribution in [0, 0.1) is 11.3 Å². The van der Waals surface area contributed by atoms with Crippen LogP contribution >= 0.6 is 15.9 Å². The highest BCUT2D eigenvalue weighted by atomic mass is 79.9. The van der Waals surface area contributed by atoms with Crippen LogP contribution < -0.4 is 10.1 Å². The molecule has 2 rings (SSSR count). The summed E-state index contributed by atoms with van der Waals surface area (Å²) in [5.74, 6) is 0.790. The third kappa shape index (κ3) is 3.12. The van der Waals surface area contributed by atoms with Crippen molar-refractivity contribution in [2.24, 2.45) is 0 Å². The summed E-state index contributed by atoms with van der Waals surface area (Å²) < 4.78 is 6.12. The van der Waals surface area contributed by atoms with E-state index >= 15 is 0 Å². The molecular weight excluding hydrogens is 316 g/mol. The highest BCUT2D eigenvalue weighted by Crippen LogP contribution is 2.27. The van der Waals surface area contributed by atoms with Crippen LogP contribution in [0.2, 0.25) is 0 Å². The molecule has 0 saturated carbocycles. The Balaban J connectivity index is 2.26. The molecule has 0 aliphatic carbocycles. The maximum Gasteiger partial charge on any atom is 0.148 e. The highest BCUT2D eigenvalue weighted by Gasteiger charge is 2.26. The number of hydrogen-bond acceptors (Lipinski definition) is 3. The molecule has 0 saturated heterocycles. The van der Waals surface area contributed by atoms with Crippen LogP contribution in [0.15, 0.2) is 53.0 Å². The van der Waals surface area contributed by atoms with Crippen molar-refractivity contribution in [3.63, 3.8) is 0 Å². The summed E-state index contributed by atoms with van der Waals surface area (Å²) in [5.41, 5.74) is 1.01. The van der Waals surface area contributed by atoms with E-state index < -0.39 is 5.54 Å². The first kappa shape index (κ1) is 14.4. The number of nitriles is 1. The Morgan fingerprint density at radius 2 is 1.70 bits per heavy atom. The average Bonchev–Trinajstić information content (AvgIpc) is 2.48. The zero-order valence-electron chi connectivity index (χ0n) is 11.4. The second-order valence-corrected chi connectivity index (χ2v) is 5.51. The molecule has 3 nitrogen and oxygen atoms in total. The molecule has 0 bridgehead atoms. The van der Waals surface area contributed by atoms with Crippen molar-refractivity contribution in [1.29, 1.82) is 5.26 Å². The molecule has 0 aliphatic rings. The van der Waals surface area contributed by atoms with Crippen LogP contribution in [0.5, 0.6) is 5.75 Å². The molecular formula is C16H15BrN2O. The van der Waals surface area contributed by atoms with Crippen molar-refractivity contribution in [3.8, 4) is 11.8 Å². The molecule has 0 heterocycles. The number of nitrogens with one attached hydrogen (secondary N) is 1. The Morgan fingerprint density at radius 1 is 1.10 bits per heavy atom. The van der Waals surface area contributed by atoms with E-state index in [-0.39, 0.29) is 0 Å². The molecule has 1 unspecified atom stereocenters. The SMILES string of the molecule is COc1ccc(NC(C)(C#N)c2ccc(Br)cc2)cc1. The van der Waals surface area contributed by atoms with Crippen molar-refractivity contribution < 1.29 is 4.74 Å². The van der Waals surface area contributed by atoms with Gasteiger partial charge < -0.3 is 10.1 Å². The zero-order chi connectivity index (χ0) is 14.6. The molecule has 20 heavy (non-hydrogen) atoms. The first-order chi connectivity index (χ1) is 9.57. The molecule has 102 valence electrons. The molecule has 1 atom stereocenters. The second-order valence-electron chi connectivity index (χ2n) is 4.60. The predicted molar refractivity (Wildman–Crippen MR) is 83.7 cm³/mol. The lowest BCUT2D eigenvalue weighted by atomic mass is 9.93. The Hall–Kier alpha value is -1.99. The van der Waals surface area contributed by atoms with Gasteiger partial charge in [-0.15, -0.1) is 0 Å². The van der Waals surface area contributed by atoms with E-state index in [1.807, 2.05) is 55.5 Å². The third-order valence-electron chi connectivity index (χ3n) is 3.13. The van der Waals surface area contributed by atoms with Gasteiger partial charge >= 0.3 is 0 Å². The fraction of sp³-hybridized carbons (Fsp3) is 0.188. The molecule has 2 aromatic rings. The molecule has 0 aromatic heterocycles. The van der Waals surface area contributed by atoms with Crippen LogP contribution in [-0.4, -0.2) is 7.11 Å². The molecule has 0 amide bonds. The molecule has 0 aliphatic heterocycles. The van der Waals surface area contributed by atoms with Gasteiger partial charge in [0.1, 0.15) is 11.3 Å². The molecule has 1 N–H and O–H groups in total. The molecule has 0 spiro atoms. The van der Waals surface area contributed by atoms with Crippen LogP contribution in [0.25, 0.3) is 0 Å². The van der Waals surface area contributed by atoms with Crippen molar-refractivity contribution in [1.82, 2.24) is 0 Å². The molecule has 0 fully saturated rings. The summed E-state index contributed by atoms with van der Waals surface area (Å²) in [7, 11) is 1.63. The summed E-state index contributed by atoms with van der Waals surface area (Å²) in [5, 5.41) is 12.8. The fourth-order valence-electron chi connectivity index (χ4n) is 1.91. The van der Waals surface area contributed by atoms with Crippen LogP contribution in [0.3, 0.4) is 0 Å². The average molecular weight is 331 g/mol. The maximum absolute atomic E-state index is 9.52. The zero-order valence-corrected chi connectivity index (χ0v) is 12.9. The van der Waals surface area contributed by atoms with Crippen molar-refractivity contribution in [2.45, 2.75) is 12.5 Å². The van der Waals surface area contributed by atoms with Crippen LogP contribution in [0.1, 0.15) is 12.5 Å². The Kier molecular flexibility index (Phi) is 4.31. The monoisotopic (exact) mass is 330 g/mol. The molecule has 4 heteroatoms. The smallest absolute Gasteiger partial charge is 0.148 e. The fourth-order valence-corrected chi connectivity index (χ4v) is 2.18. The first-order valence-electron chi connectivity index (χ1n) is 6.17. The topological polar surface area (TPSA) is 45.0 Å². The van der Waals surface area contributed by atoms with E-state index in [0.29, 0.717) is 0 Å². The normalized spacial score (nSPS) is 13.1. The molecule has 2 aromatic carbocycles. The van der Waals surface area contributed by atoms with Crippen molar-refractivity contribution in [2.75, 3.05) is 12.4 Å². The predicted octanol–water partition coefficient (Wildman–Crippen LogP) is 4.31. The van der Waals surface area contributed by atoms with E-state index in [1.165, 1.54) is 0 Å². The maximum atomic E-state index is 9.52. The Bertz CT molecular complexity index is 616. The number of nitrogens with zero attached hydrogens (tertiary/aromatic N) is 1. The van der Waals surface area contributed by atoms with E-state index in [2.05, 4.69) is 27.3 Å². The minimum atomic E-state index is -0.782. The minimum absolute atomic E-state index is 0.782. The number of ether oxygens (including phenoxy) is 1. The number of benzene rings is 2. The summed E-state index contributed by atoms with van der Waals surface area (Å²) in [6, 6.07) is 17.6. The number of anilines is 1. The van der Waals surface area contributed by atoms with Gasteiger partial charge in [0.25, 0.3) is 0 Å². The van der Waals surface area contributed by atoms with Gasteiger partial charge in [0, 0.05) is 10.2 Å². The van der Waals surface area contributed by atoms with Gasteiger partial charge in [-0.3, -0.25) is 0 Å². The summed E-state index contributed by atoms with van der Waals surface area (Å²) in [4.78, 5) is 0. The van der Waals surface area contributed by atoms with Gasteiger partial charge in [-0.25, -0.2) is 0 Å². The van der Waals surface area contributed by atoms with Gasteiger partial charge in [0.2, 0.25) is 0 Å². The van der Waals surface area contributed by atoms with Crippen molar-refractivity contribution >= 4 is 21.6 Å². The second kappa shape index (κ2) is 5.98. The largest absolute Gasteiger partial charge is 0.497 e. The van der Waals surface area contributed by atoms with Gasteiger partial charge in [0.05, 0.1) is 13.2 Å². The van der Waals surface area contributed by atoms with Gasteiger partial charge in [-0.05, 0) is 48.9 Å². The van der Waals surface area contributed by atoms with Gasteiger partial charge in [-0.2, -0.15) is 5.26 Å². The molecule has 0 radical (unpaired) electrons. The quantitative estimate of drug-likeness (QED) is 0.908. The number of halogens is 1. The van der Waals surface area contributed by atoms with E-state index in [1.54, 1.807) is 7.11 Å². The van der Waals surface area contributed by atoms with E-state index in [4.69, 9.17) is 4.74 Å². The van der Waals surface area contributed by atoms with E-state index in [0.717, 1.165) is 21.5 Å². The van der Waals surface area contributed by atoms with E-state index in [9.17, 15) is 5.26 Å². The summed E-state index contributed by atoms with van der Waals surface area (Å²) in [6.07, 6.45) is 0. The first-order valence-corrected chi connectivity index (χ1v) is 6.96.